The third-order valence-electron chi connectivity index (χ3n) is 3.54. The van der Waals surface area contributed by atoms with Crippen LogP contribution in [0.15, 0.2) is 30.5 Å². The number of halogens is 2. The lowest BCUT2D eigenvalue weighted by atomic mass is 10.2. The monoisotopic (exact) mass is 322 g/mol. The first-order valence-corrected chi connectivity index (χ1v) is 7.78. The lowest BCUT2D eigenvalue weighted by Gasteiger charge is -2.13. The zero-order valence-corrected chi connectivity index (χ0v) is 13.0. The molecule has 1 heterocycles. The Labute approximate surface area is 133 Å². The molecule has 1 aliphatic carbocycles. The molecule has 0 aliphatic heterocycles. The molecule has 21 heavy (non-hydrogen) atoms. The van der Waals surface area contributed by atoms with Gasteiger partial charge in [-0.1, -0.05) is 36.0 Å². The molecule has 2 aromatic rings. The third kappa shape index (κ3) is 3.77. The van der Waals surface area contributed by atoms with Gasteiger partial charge in [-0.15, -0.1) is 0 Å². The zero-order chi connectivity index (χ0) is 14.7. The number of nitrogens with one attached hydrogen (secondary N) is 2. The number of anilines is 3. The van der Waals surface area contributed by atoms with Crippen LogP contribution in [0.5, 0.6) is 0 Å². The van der Waals surface area contributed by atoms with Crippen molar-refractivity contribution in [1.29, 1.82) is 0 Å². The molecule has 4 nitrogen and oxygen atoms in total. The highest BCUT2D eigenvalue weighted by atomic mass is 35.5. The maximum absolute atomic E-state index is 6.00. The molecule has 0 saturated heterocycles. The van der Waals surface area contributed by atoms with Crippen molar-refractivity contribution in [2.45, 2.75) is 31.7 Å². The standard InChI is InChI=1S/C15H16Cl2N4/c16-12-6-5-11(9-13(12)17)20-15-18-8-7-14(21-15)19-10-3-1-2-4-10/h5-10H,1-4H2,(H2,18,19,20,21). The second-order valence-corrected chi connectivity index (χ2v) is 5.96. The van der Waals surface area contributed by atoms with E-state index in [9.17, 15) is 0 Å². The summed E-state index contributed by atoms with van der Waals surface area (Å²) < 4.78 is 0. The largest absolute Gasteiger partial charge is 0.367 e. The van der Waals surface area contributed by atoms with Gasteiger partial charge in [0.05, 0.1) is 10.0 Å². The summed E-state index contributed by atoms with van der Waals surface area (Å²) in [5, 5.41) is 7.61. The quantitative estimate of drug-likeness (QED) is 0.842. The number of rotatable bonds is 4. The van der Waals surface area contributed by atoms with Crippen molar-refractivity contribution < 1.29 is 0 Å². The molecule has 0 amide bonds. The van der Waals surface area contributed by atoms with E-state index in [4.69, 9.17) is 23.2 Å². The fraction of sp³-hybridized carbons (Fsp3) is 0.333. The minimum Gasteiger partial charge on any atom is -0.367 e. The molecule has 1 aliphatic rings. The van der Waals surface area contributed by atoms with Crippen LogP contribution in [0.2, 0.25) is 10.0 Å². The average molecular weight is 323 g/mol. The minimum absolute atomic E-state index is 0.502. The van der Waals surface area contributed by atoms with Gasteiger partial charge in [-0.3, -0.25) is 0 Å². The molecule has 0 unspecified atom stereocenters. The summed E-state index contributed by atoms with van der Waals surface area (Å²) in [6, 6.07) is 7.75. The van der Waals surface area contributed by atoms with Crippen LogP contribution in [0.1, 0.15) is 25.7 Å². The van der Waals surface area contributed by atoms with Crippen LogP contribution in [0.3, 0.4) is 0 Å². The summed E-state index contributed by atoms with van der Waals surface area (Å²) >= 11 is 11.9. The zero-order valence-electron chi connectivity index (χ0n) is 11.4. The molecular weight excluding hydrogens is 307 g/mol. The van der Waals surface area contributed by atoms with Crippen molar-refractivity contribution in [3.63, 3.8) is 0 Å². The van der Waals surface area contributed by atoms with Crippen LogP contribution in [0.25, 0.3) is 0 Å². The predicted octanol–water partition coefficient (Wildman–Crippen LogP) is 4.88. The average Bonchev–Trinajstić information content (AvgIpc) is 2.96. The van der Waals surface area contributed by atoms with E-state index in [2.05, 4.69) is 20.6 Å². The van der Waals surface area contributed by atoms with Gasteiger partial charge in [0.15, 0.2) is 0 Å². The Bertz CT molecular complexity index is 627. The van der Waals surface area contributed by atoms with Crippen molar-refractivity contribution >= 4 is 40.7 Å². The minimum atomic E-state index is 0.502. The lowest BCUT2D eigenvalue weighted by molar-refractivity contribution is 0.750. The van der Waals surface area contributed by atoms with Crippen molar-refractivity contribution in [2.75, 3.05) is 10.6 Å². The molecule has 0 bridgehead atoms. The van der Waals surface area contributed by atoms with Gasteiger partial charge in [-0.2, -0.15) is 4.98 Å². The first-order valence-electron chi connectivity index (χ1n) is 7.02. The van der Waals surface area contributed by atoms with Gasteiger partial charge in [-0.05, 0) is 37.1 Å². The second-order valence-electron chi connectivity index (χ2n) is 5.15. The van der Waals surface area contributed by atoms with Crippen LogP contribution < -0.4 is 10.6 Å². The lowest BCUT2D eigenvalue weighted by Crippen LogP contribution is -2.15. The molecule has 0 atom stereocenters. The van der Waals surface area contributed by atoms with E-state index < -0.39 is 0 Å². The molecule has 0 radical (unpaired) electrons. The molecule has 1 aromatic carbocycles. The van der Waals surface area contributed by atoms with E-state index in [0.29, 0.717) is 22.0 Å². The van der Waals surface area contributed by atoms with E-state index in [1.54, 1.807) is 18.3 Å². The molecule has 6 heteroatoms. The Morgan fingerprint density at radius 1 is 1.05 bits per heavy atom. The Hall–Kier alpha value is -1.52. The maximum atomic E-state index is 6.00. The number of hydrogen-bond donors (Lipinski definition) is 2. The third-order valence-corrected chi connectivity index (χ3v) is 4.28. The van der Waals surface area contributed by atoms with Crippen molar-refractivity contribution in [3.8, 4) is 0 Å². The normalized spacial score (nSPS) is 15.1. The summed E-state index contributed by atoms with van der Waals surface area (Å²) in [6.45, 7) is 0. The Morgan fingerprint density at radius 3 is 2.62 bits per heavy atom. The smallest absolute Gasteiger partial charge is 0.229 e. The van der Waals surface area contributed by atoms with Crippen LogP contribution >= 0.6 is 23.2 Å². The van der Waals surface area contributed by atoms with Gasteiger partial charge < -0.3 is 10.6 Å². The molecule has 2 N–H and O–H groups in total. The van der Waals surface area contributed by atoms with Gasteiger partial charge in [-0.25, -0.2) is 4.98 Å². The van der Waals surface area contributed by atoms with Gasteiger partial charge in [0.1, 0.15) is 5.82 Å². The van der Waals surface area contributed by atoms with E-state index in [0.717, 1.165) is 11.5 Å². The molecular formula is C15H16Cl2N4. The second kappa shape index (κ2) is 6.50. The fourth-order valence-corrected chi connectivity index (χ4v) is 2.78. The summed E-state index contributed by atoms with van der Waals surface area (Å²) in [4.78, 5) is 8.70. The van der Waals surface area contributed by atoms with E-state index >= 15 is 0 Å². The molecule has 1 saturated carbocycles. The van der Waals surface area contributed by atoms with Crippen LogP contribution in [0, 0.1) is 0 Å². The number of nitrogens with zero attached hydrogens (tertiary/aromatic N) is 2. The fourth-order valence-electron chi connectivity index (χ4n) is 2.48. The molecule has 3 rings (SSSR count). The highest BCUT2D eigenvalue weighted by molar-refractivity contribution is 6.42. The Balaban J connectivity index is 1.71. The first kappa shape index (κ1) is 14.4. The predicted molar refractivity (Wildman–Crippen MR) is 87.7 cm³/mol. The Kier molecular flexibility index (Phi) is 4.46. The first-order chi connectivity index (χ1) is 10.2. The van der Waals surface area contributed by atoms with Crippen LogP contribution in [-0.2, 0) is 0 Å². The number of hydrogen-bond acceptors (Lipinski definition) is 4. The highest BCUT2D eigenvalue weighted by Crippen LogP contribution is 2.26. The van der Waals surface area contributed by atoms with Crippen LogP contribution in [0.4, 0.5) is 17.5 Å². The number of aromatic nitrogens is 2. The summed E-state index contributed by atoms with van der Waals surface area (Å²) in [5.41, 5.74) is 0.808. The molecule has 1 fully saturated rings. The van der Waals surface area contributed by atoms with E-state index in [1.807, 2.05) is 12.1 Å². The maximum Gasteiger partial charge on any atom is 0.229 e. The van der Waals surface area contributed by atoms with Crippen molar-refractivity contribution in [3.05, 3.63) is 40.5 Å². The summed E-state index contributed by atoms with van der Waals surface area (Å²) in [6.07, 6.45) is 6.73. The van der Waals surface area contributed by atoms with Crippen molar-refractivity contribution in [1.82, 2.24) is 9.97 Å². The van der Waals surface area contributed by atoms with Gasteiger partial charge in [0.2, 0.25) is 5.95 Å². The summed E-state index contributed by atoms with van der Waals surface area (Å²) in [7, 11) is 0. The SMILES string of the molecule is Clc1ccc(Nc2nccc(NC3CCCC3)n2)cc1Cl. The van der Waals surface area contributed by atoms with E-state index in [-0.39, 0.29) is 0 Å². The van der Waals surface area contributed by atoms with Crippen LogP contribution in [-0.4, -0.2) is 16.0 Å². The van der Waals surface area contributed by atoms with Gasteiger partial charge in [0, 0.05) is 17.9 Å². The number of benzene rings is 1. The molecule has 0 spiro atoms. The molecule has 1 aromatic heterocycles. The molecule has 110 valence electrons. The van der Waals surface area contributed by atoms with Crippen molar-refractivity contribution in [2.24, 2.45) is 0 Å². The Morgan fingerprint density at radius 2 is 1.86 bits per heavy atom. The summed E-state index contributed by atoms with van der Waals surface area (Å²) in [5.74, 6) is 1.39. The highest BCUT2D eigenvalue weighted by Gasteiger charge is 2.15. The van der Waals surface area contributed by atoms with Gasteiger partial charge in [0.25, 0.3) is 0 Å². The van der Waals surface area contributed by atoms with E-state index in [1.165, 1.54) is 25.7 Å². The topological polar surface area (TPSA) is 49.8 Å². The van der Waals surface area contributed by atoms with Gasteiger partial charge >= 0.3 is 0 Å².